The maximum absolute atomic E-state index is 15.5. The van der Waals surface area contributed by atoms with Gasteiger partial charge in [-0.05, 0) is 79.2 Å². The first-order valence-corrected chi connectivity index (χ1v) is 29.5. The van der Waals surface area contributed by atoms with Gasteiger partial charge in [-0.15, -0.1) is 0 Å². The van der Waals surface area contributed by atoms with E-state index in [9.17, 15) is 24.0 Å². The van der Waals surface area contributed by atoms with Gasteiger partial charge in [-0.2, -0.15) is 0 Å². The molecule has 4 aromatic rings. The number of nitrogens with one attached hydrogen (secondary N) is 4. The lowest BCUT2D eigenvalue weighted by Gasteiger charge is -2.37. The van der Waals surface area contributed by atoms with E-state index in [2.05, 4.69) is 26.4 Å². The maximum Gasteiger partial charge on any atom is 0.408 e. The number of amides is 4. The SMILES string of the molecule is COCCOCCOCCOC(=O)N[C@H](C(=O)C[C@@H](Cc1ccccc1)[C@H](CN(Cc1ccc(-c2ccccn2)cc1)NC(=O)[C@@H](CC(=O)OC)C(C)(C)C)OC(=O)[C@H](Cc1ccccc1)NC(=O)[C@H](CC(C)C)NC(=O)OC(C)(C)C)C(C)(C)C. The number of nitrogens with zero attached hydrogens (tertiary/aromatic N) is 2. The number of ketones is 1. The lowest BCUT2D eigenvalue weighted by atomic mass is 9.78. The van der Waals surface area contributed by atoms with Gasteiger partial charge >= 0.3 is 24.1 Å². The van der Waals surface area contributed by atoms with E-state index in [1.165, 1.54) is 7.11 Å². The predicted octanol–water partition coefficient (Wildman–Crippen LogP) is 9.02. The zero-order valence-corrected chi connectivity index (χ0v) is 52.7. The molecule has 4 amide bonds. The first-order chi connectivity index (χ1) is 40.6. The summed E-state index contributed by atoms with van der Waals surface area (Å²) >= 11 is 0. The van der Waals surface area contributed by atoms with Gasteiger partial charge in [0.05, 0.1) is 70.8 Å². The Morgan fingerprint density at radius 3 is 1.73 bits per heavy atom. The van der Waals surface area contributed by atoms with Gasteiger partial charge in [0.25, 0.3) is 0 Å². The number of ether oxygens (including phenoxy) is 7. The van der Waals surface area contributed by atoms with Crippen LogP contribution in [0.3, 0.4) is 0 Å². The minimum atomic E-state index is -1.37. The number of hydrazine groups is 1. The Hall–Kier alpha value is -7.26. The first kappa shape index (κ1) is 71.2. The summed E-state index contributed by atoms with van der Waals surface area (Å²) < 4.78 is 38.9. The molecule has 6 atom stereocenters. The van der Waals surface area contributed by atoms with E-state index < -0.39 is 94.2 Å². The minimum Gasteiger partial charge on any atom is -0.469 e. The smallest absolute Gasteiger partial charge is 0.408 e. The molecule has 4 rings (SSSR count). The molecule has 20 nitrogen and oxygen atoms in total. The number of hydrogen-bond acceptors (Lipinski definition) is 16. The molecule has 0 bridgehead atoms. The zero-order valence-electron chi connectivity index (χ0n) is 52.7. The fraction of sp³-hybridized carbons (Fsp3) is 0.545. The third-order valence-corrected chi connectivity index (χ3v) is 13.8. The van der Waals surface area contributed by atoms with E-state index in [4.69, 9.17) is 33.2 Å². The number of carbonyl (C=O) groups excluding carboxylic acids is 7. The summed E-state index contributed by atoms with van der Waals surface area (Å²) in [6.07, 6.45) is -1.45. The van der Waals surface area contributed by atoms with Crippen LogP contribution in [0.25, 0.3) is 11.3 Å². The van der Waals surface area contributed by atoms with Crippen molar-refractivity contribution in [1.29, 1.82) is 0 Å². The second-order valence-electron chi connectivity index (χ2n) is 24.9. The number of pyridine rings is 1. The summed E-state index contributed by atoms with van der Waals surface area (Å²) in [6.45, 7) is 21.1. The van der Waals surface area contributed by atoms with Crippen LogP contribution in [0.2, 0.25) is 0 Å². The summed E-state index contributed by atoms with van der Waals surface area (Å²) in [6, 6.07) is 27.9. The van der Waals surface area contributed by atoms with Crippen LogP contribution in [-0.2, 0) is 76.5 Å². The van der Waals surface area contributed by atoms with E-state index in [0.717, 1.165) is 22.4 Å². The molecule has 0 aliphatic carbocycles. The van der Waals surface area contributed by atoms with Gasteiger partial charge in [-0.25, -0.2) is 19.4 Å². The highest BCUT2D eigenvalue weighted by Crippen LogP contribution is 2.31. The van der Waals surface area contributed by atoms with Crippen molar-refractivity contribution >= 4 is 41.7 Å². The molecule has 4 N–H and O–H groups in total. The van der Waals surface area contributed by atoms with Crippen molar-refractivity contribution < 1.29 is 66.7 Å². The molecule has 0 radical (unpaired) electrons. The molecule has 0 spiro atoms. The van der Waals surface area contributed by atoms with E-state index >= 15 is 9.59 Å². The lowest BCUT2D eigenvalue weighted by Crippen LogP contribution is -2.55. The molecule has 0 aliphatic rings. The molecule has 0 saturated heterocycles. The van der Waals surface area contributed by atoms with Crippen LogP contribution in [0.4, 0.5) is 9.59 Å². The molecular weight excluding hydrogens is 1100 g/mol. The molecule has 20 heteroatoms. The van der Waals surface area contributed by atoms with E-state index in [1.807, 2.05) is 134 Å². The van der Waals surface area contributed by atoms with Crippen LogP contribution in [0.1, 0.15) is 112 Å². The third-order valence-electron chi connectivity index (χ3n) is 13.8. The topological polar surface area (TPSA) is 248 Å². The summed E-state index contributed by atoms with van der Waals surface area (Å²) in [5.74, 6) is -4.93. The number of esters is 2. The van der Waals surface area contributed by atoms with Gasteiger partial charge in [0, 0.05) is 44.2 Å². The minimum absolute atomic E-state index is 0.0311. The van der Waals surface area contributed by atoms with E-state index in [-0.39, 0.29) is 70.9 Å². The zero-order chi connectivity index (χ0) is 63.5. The average molecular weight is 1200 g/mol. The van der Waals surface area contributed by atoms with Gasteiger partial charge in [0.2, 0.25) is 11.8 Å². The molecule has 86 heavy (non-hydrogen) atoms. The van der Waals surface area contributed by atoms with Gasteiger partial charge < -0.3 is 49.1 Å². The van der Waals surface area contributed by atoms with Crippen LogP contribution in [-0.4, -0.2) is 142 Å². The molecule has 1 aromatic heterocycles. The Morgan fingerprint density at radius 1 is 0.593 bits per heavy atom. The van der Waals surface area contributed by atoms with Crippen LogP contribution >= 0.6 is 0 Å². The molecule has 0 unspecified atom stereocenters. The maximum atomic E-state index is 15.5. The van der Waals surface area contributed by atoms with Crippen LogP contribution in [0.15, 0.2) is 109 Å². The Balaban J connectivity index is 1.88. The molecule has 3 aromatic carbocycles. The molecule has 0 aliphatic heterocycles. The van der Waals surface area contributed by atoms with Crippen molar-refractivity contribution in [2.45, 2.75) is 145 Å². The van der Waals surface area contributed by atoms with Gasteiger partial charge in [0.15, 0.2) is 5.78 Å². The molecule has 472 valence electrons. The number of methoxy groups -OCH3 is 2. The standard InChI is InChI=1S/C66H94N6O14/c1-45(2)38-53(69-63(79)86-66(9,10)11)60(76)68-54(40-47-24-18-15-19-25-47)61(77)85-56(44-72(71-59(75)51(64(3,4)5)42-57(74)81-13)43-48-27-29-49(30-28-48)52-26-20-21-31-67-52)50(39-46-22-16-14-17-23-46)41-55(73)58(65(6,7)8)70-62(78)84-37-36-83-35-34-82-33-32-80-12/h14-31,45,50-51,53-54,56,58H,32-44H2,1-13H3,(H,68,76)(H,69,79)(H,70,78)(H,71,75)/t50-,51-,53+,54+,56+,58-/m1/s1. The number of alkyl carbamates (subject to hydrolysis) is 2. The Kier molecular flexibility index (Phi) is 29.3. The van der Waals surface area contributed by atoms with E-state index in [0.29, 0.717) is 25.4 Å². The highest BCUT2D eigenvalue weighted by atomic mass is 16.6. The fourth-order valence-corrected chi connectivity index (χ4v) is 9.38. The fourth-order valence-electron chi connectivity index (χ4n) is 9.38. The van der Waals surface area contributed by atoms with Crippen molar-refractivity contribution in [1.82, 2.24) is 31.4 Å². The second-order valence-corrected chi connectivity index (χ2v) is 24.9. The number of carbonyl (C=O) groups is 7. The Bertz CT molecular complexity index is 2710. The van der Waals surface area contributed by atoms with Crippen molar-refractivity contribution in [2.24, 2.45) is 28.6 Å². The number of hydrogen-bond donors (Lipinski definition) is 4. The van der Waals surface area contributed by atoms with Gasteiger partial charge in [0.1, 0.15) is 30.4 Å². The highest BCUT2D eigenvalue weighted by molar-refractivity contribution is 5.90. The monoisotopic (exact) mass is 1190 g/mol. The lowest BCUT2D eigenvalue weighted by molar-refractivity contribution is -0.159. The Labute approximate surface area is 508 Å². The number of aromatic nitrogens is 1. The molecule has 0 fully saturated rings. The predicted molar refractivity (Wildman–Crippen MR) is 327 cm³/mol. The molecule has 1 heterocycles. The van der Waals surface area contributed by atoms with E-state index in [1.54, 1.807) is 63.4 Å². The largest absolute Gasteiger partial charge is 0.469 e. The van der Waals surface area contributed by atoms with Crippen LogP contribution in [0.5, 0.6) is 0 Å². The summed E-state index contributed by atoms with van der Waals surface area (Å²) in [7, 11) is 2.84. The van der Waals surface area contributed by atoms with Crippen molar-refractivity contribution in [3.63, 3.8) is 0 Å². The van der Waals surface area contributed by atoms with Crippen molar-refractivity contribution in [3.8, 4) is 11.3 Å². The summed E-state index contributed by atoms with van der Waals surface area (Å²) in [4.78, 5) is 104. The van der Waals surface area contributed by atoms with Crippen LogP contribution < -0.4 is 21.4 Å². The second kappa shape index (κ2) is 35.4. The van der Waals surface area contributed by atoms with Crippen LogP contribution in [0, 0.1) is 28.6 Å². The third kappa shape index (κ3) is 26.6. The van der Waals surface area contributed by atoms with Crippen molar-refractivity contribution in [2.75, 3.05) is 60.4 Å². The Morgan fingerprint density at radius 2 is 1.19 bits per heavy atom. The van der Waals surface area contributed by atoms with Crippen molar-refractivity contribution in [3.05, 3.63) is 126 Å². The van der Waals surface area contributed by atoms with Gasteiger partial charge in [-0.3, -0.25) is 29.6 Å². The number of Topliss-reactive ketones (excluding diaryl/α,β-unsaturated/α-hetero) is 1. The quantitative estimate of drug-likeness (QED) is 0.0147. The molecule has 0 saturated carbocycles. The van der Waals surface area contributed by atoms with Gasteiger partial charge in [-0.1, -0.05) is 146 Å². The molecular formula is C66H94N6O14. The normalized spacial score (nSPS) is 13.9. The number of benzene rings is 3. The number of rotatable bonds is 34. The average Bonchev–Trinajstić information content (AvgIpc) is 3.64. The highest BCUT2D eigenvalue weighted by Gasteiger charge is 2.40. The first-order valence-electron chi connectivity index (χ1n) is 29.5. The summed E-state index contributed by atoms with van der Waals surface area (Å²) in [5, 5.41) is 10.0. The summed E-state index contributed by atoms with van der Waals surface area (Å²) in [5.41, 5.74) is 4.36.